The average molecular weight is 282 g/mol. The van der Waals surface area contributed by atoms with E-state index in [-0.39, 0.29) is 10.6 Å². The first-order valence-electron chi connectivity index (χ1n) is 6.64. The molecule has 1 saturated carbocycles. The summed E-state index contributed by atoms with van der Waals surface area (Å²) in [6.07, 6.45) is 4.47. The number of hydrogen-bond donors (Lipinski definition) is 1. The molecule has 1 heterocycles. The largest absolute Gasteiger partial charge is 0.377 e. The summed E-state index contributed by atoms with van der Waals surface area (Å²) in [5, 5.41) is 14.8. The Bertz CT molecular complexity index is 511. The van der Waals surface area contributed by atoms with Crippen molar-refractivity contribution >= 4 is 28.7 Å². The predicted molar refractivity (Wildman–Crippen MR) is 76.2 cm³/mol. The van der Waals surface area contributed by atoms with E-state index in [0.29, 0.717) is 16.8 Å². The molecule has 5 nitrogen and oxygen atoms in total. The number of nitro groups is 1. The first-order chi connectivity index (χ1) is 9.15. The predicted octanol–water partition coefficient (Wildman–Crippen LogP) is 3.42. The second-order valence-electron chi connectivity index (χ2n) is 5.19. The van der Waals surface area contributed by atoms with Crippen molar-refractivity contribution in [1.82, 2.24) is 0 Å². The molecule has 0 atom stereocenters. The van der Waals surface area contributed by atoms with Crippen LogP contribution < -0.4 is 10.2 Å². The van der Waals surface area contributed by atoms with Crippen molar-refractivity contribution in [3.63, 3.8) is 0 Å². The molecule has 0 radical (unpaired) electrons. The molecular formula is C13H16ClN3O2. The Balaban J connectivity index is 1.97. The molecule has 0 amide bonds. The van der Waals surface area contributed by atoms with Gasteiger partial charge in [0, 0.05) is 25.2 Å². The monoisotopic (exact) mass is 281 g/mol. The summed E-state index contributed by atoms with van der Waals surface area (Å²) in [7, 11) is 0. The van der Waals surface area contributed by atoms with E-state index in [2.05, 4.69) is 10.2 Å². The Labute approximate surface area is 116 Å². The van der Waals surface area contributed by atoms with Gasteiger partial charge in [-0.25, -0.2) is 0 Å². The zero-order chi connectivity index (χ0) is 13.4. The number of nitrogens with zero attached hydrogens (tertiary/aromatic N) is 2. The van der Waals surface area contributed by atoms with Crippen LogP contribution in [0, 0.1) is 10.1 Å². The lowest BCUT2D eigenvalue weighted by Crippen LogP contribution is -2.18. The molecule has 2 fully saturated rings. The minimum Gasteiger partial charge on any atom is -0.377 e. The topological polar surface area (TPSA) is 58.4 Å². The van der Waals surface area contributed by atoms with Gasteiger partial charge in [0.1, 0.15) is 5.69 Å². The summed E-state index contributed by atoms with van der Waals surface area (Å²) in [4.78, 5) is 12.9. The molecule has 19 heavy (non-hydrogen) atoms. The summed E-state index contributed by atoms with van der Waals surface area (Å²) >= 11 is 6.20. The van der Waals surface area contributed by atoms with Gasteiger partial charge in [-0.15, -0.1) is 0 Å². The highest BCUT2D eigenvalue weighted by Crippen LogP contribution is 2.39. The molecule has 0 unspecified atom stereocenters. The quantitative estimate of drug-likeness (QED) is 0.678. The van der Waals surface area contributed by atoms with Crippen molar-refractivity contribution in [1.29, 1.82) is 0 Å². The van der Waals surface area contributed by atoms with E-state index in [4.69, 9.17) is 11.6 Å². The Kier molecular flexibility index (Phi) is 3.22. The van der Waals surface area contributed by atoms with E-state index in [1.165, 1.54) is 6.07 Å². The highest BCUT2D eigenvalue weighted by molar-refractivity contribution is 6.33. The number of nitro benzene ring substituents is 1. The summed E-state index contributed by atoms with van der Waals surface area (Å²) in [6, 6.07) is 3.69. The molecule has 1 aliphatic carbocycles. The number of hydrogen-bond acceptors (Lipinski definition) is 4. The van der Waals surface area contributed by atoms with Gasteiger partial charge in [-0.3, -0.25) is 10.1 Å². The molecular weight excluding hydrogens is 266 g/mol. The van der Waals surface area contributed by atoms with Gasteiger partial charge in [-0.05, 0) is 31.7 Å². The Hall–Kier alpha value is -1.49. The SMILES string of the molecule is O=[N+]([O-])c1cc(Cl)c(N2CCCC2)cc1NC1CC1. The third-order valence-electron chi connectivity index (χ3n) is 3.65. The second kappa shape index (κ2) is 4.89. The van der Waals surface area contributed by atoms with Gasteiger partial charge >= 0.3 is 0 Å². The molecule has 1 aromatic carbocycles. The van der Waals surface area contributed by atoms with Crippen LogP contribution in [0.25, 0.3) is 0 Å². The van der Waals surface area contributed by atoms with Crippen LogP contribution in [-0.4, -0.2) is 24.1 Å². The van der Waals surface area contributed by atoms with Crippen molar-refractivity contribution < 1.29 is 4.92 Å². The van der Waals surface area contributed by atoms with Crippen LogP contribution in [0.15, 0.2) is 12.1 Å². The van der Waals surface area contributed by atoms with Gasteiger partial charge in [-0.1, -0.05) is 11.6 Å². The van der Waals surface area contributed by atoms with Crippen LogP contribution in [-0.2, 0) is 0 Å². The van der Waals surface area contributed by atoms with E-state index in [0.717, 1.165) is 44.5 Å². The lowest BCUT2D eigenvalue weighted by atomic mass is 10.2. The highest BCUT2D eigenvalue weighted by Gasteiger charge is 2.27. The third kappa shape index (κ3) is 2.61. The Morgan fingerprint density at radius 3 is 2.58 bits per heavy atom. The molecule has 0 bridgehead atoms. The second-order valence-corrected chi connectivity index (χ2v) is 5.60. The maximum atomic E-state index is 11.1. The fourth-order valence-electron chi connectivity index (χ4n) is 2.47. The van der Waals surface area contributed by atoms with Crippen LogP contribution in [0.4, 0.5) is 17.1 Å². The van der Waals surface area contributed by atoms with E-state index in [1.807, 2.05) is 6.07 Å². The van der Waals surface area contributed by atoms with E-state index >= 15 is 0 Å². The van der Waals surface area contributed by atoms with Crippen LogP contribution in [0.3, 0.4) is 0 Å². The van der Waals surface area contributed by atoms with Gasteiger partial charge < -0.3 is 10.2 Å². The number of anilines is 2. The first-order valence-corrected chi connectivity index (χ1v) is 7.02. The molecule has 102 valence electrons. The van der Waals surface area contributed by atoms with Crippen molar-refractivity contribution in [2.24, 2.45) is 0 Å². The minimum atomic E-state index is -0.371. The fraction of sp³-hybridized carbons (Fsp3) is 0.538. The number of benzene rings is 1. The minimum absolute atomic E-state index is 0.0693. The fourth-order valence-corrected chi connectivity index (χ4v) is 2.74. The molecule has 1 N–H and O–H groups in total. The van der Waals surface area contributed by atoms with Crippen LogP contribution in [0.5, 0.6) is 0 Å². The van der Waals surface area contributed by atoms with Gasteiger partial charge in [-0.2, -0.15) is 0 Å². The molecule has 3 rings (SSSR count). The Morgan fingerprint density at radius 2 is 2.00 bits per heavy atom. The molecule has 1 aromatic rings. The molecule has 1 aliphatic heterocycles. The van der Waals surface area contributed by atoms with E-state index < -0.39 is 0 Å². The van der Waals surface area contributed by atoms with Gasteiger partial charge in [0.05, 0.1) is 15.6 Å². The lowest BCUT2D eigenvalue weighted by Gasteiger charge is -2.20. The van der Waals surface area contributed by atoms with E-state index in [9.17, 15) is 10.1 Å². The average Bonchev–Trinajstić information content (AvgIpc) is 3.02. The smallest absolute Gasteiger partial charge is 0.293 e. The number of rotatable bonds is 4. The third-order valence-corrected chi connectivity index (χ3v) is 3.95. The maximum absolute atomic E-state index is 11.1. The van der Waals surface area contributed by atoms with Crippen LogP contribution in [0.1, 0.15) is 25.7 Å². The van der Waals surface area contributed by atoms with Crippen molar-refractivity contribution in [2.45, 2.75) is 31.7 Å². The normalized spacial score (nSPS) is 18.7. The summed E-state index contributed by atoms with van der Waals surface area (Å²) in [5.41, 5.74) is 1.58. The molecule has 1 saturated heterocycles. The number of halogens is 1. The zero-order valence-corrected chi connectivity index (χ0v) is 11.3. The van der Waals surface area contributed by atoms with Crippen molar-refractivity contribution in [3.8, 4) is 0 Å². The van der Waals surface area contributed by atoms with Crippen molar-refractivity contribution in [2.75, 3.05) is 23.3 Å². The van der Waals surface area contributed by atoms with Gasteiger partial charge in [0.25, 0.3) is 5.69 Å². The highest BCUT2D eigenvalue weighted by atomic mass is 35.5. The summed E-state index contributed by atoms with van der Waals surface area (Å²) < 4.78 is 0. The molecule has 2 aliphatic rings. The molecule has 0 aromatic heterocycles. The van der Waals surface area contributed by atoms with Crippen LogP contribution >= 0.6 is 11.6 Å². The maximum Gasteiger partial charge on any atom is 0.293 e. The first kappa shape index (κ1) is 12.5. The summed E-state index contributed by atoms with van der Waals surface area (Å²) in [6.45, 7) is 1.95. The lowest BCUT2D eigenvalue weighted by molar-refractivity contribution is -0.383. The van der Waals surface area contributed by atoms with Gasteiger partial charge in [0.2, 0.25) is 0 Å². The Morgan fingerprint density at radius 1 is 1.32 bits per heavy atom. The van der Waals surface area contributed by atoms with Gasteiger partial charge in [0.15, 0.2) is 0 Å². The standard InChI is InChI=1S/C13H16ClN3O2/c14-10-7-13(17(18)19)11(15-9-3-4-9)8-12(10)16-5-1-2-6-16/h7-9,15H,1-6H2. The van der Waals surface area contributed by atoms with E-state index in [1.54, 1.807) is 0 Å². The number of nitrogens with one attached hydrogen (secondary N) is 1. The van der Waals surface area contributed by atoms with Crippen LogP contribution in [0.2, 0.25) is 5.02 Å². The molecule has 6 heteroatoms. The zero-order valence-electron chi connectivity index (χ0n) is 10.6. The molecule has 0 spiro atoms. The summed E-state index contributed by atoms with van der Waals surface area (Å²) in [5.74, 6) is 0. The van der Waals surface area contributed by atoms with Crippen molar-refractivity contribution in [3.05, 3.63) is 27.3 Å².